The van der Waals surface area contributed by atoms with Crippen molar-refractivity contribution in [2.45, 2.75) is 20.4 Å². The molecule has 0 radical (unpaired) electrons. The molecule has 0 atom stereocenters. The Balaban J connectivity index is 1.59. The van der Waals surface area contributed by atoms with E-state index in [1.807, 2.05) is 0 Å². The first-order valence-corrected chi connectivity index (χ1v) is 7.81. The van der Waals surface area contributed by atoms with E-state index in [1.165, 1.54) is 22.4 Å². The van der Waals surface area contributed by atoms with Gasteiger partial charge in [-0.25, -0.2) is 0 Å². The average molecular weight is 280 g/mol. The molecule has 1 saturated heterocycles. The number of hydrogen-bond donors (Lipinski definition) is 0. The van der Waals surface area contributed by atoms with Gasteiger partial charge in [-0.2, -0.15) is 0 Å². The summed E-state index contributed by atoms with van der Waals surface area (Å²) < 4.78 is 0. The second-order valence-electron chi connectivity index (χ2n) is 6.04. The van der Waals surface area contributed by atoms with Crippen LogP contribution in [0.3, 0.4) is 0 Å². The van der Waals surface area contributed by atoms with Crippen LogP contribution < -0.4 is 4.90 Å². The van der Waals surface area contributed by atoms with Crippen LogP contribution in [-0.2, 0) is 6.54 Å². The average Bonchev–Trinajstić information content (AvgIpc) is 2.49. The number of rotatable bonds is 3. The third-order valence-corrected chi connectivity index (χ3v) is 4.32. The van der Waals surface area contributed by atoms with E-state index in [0.717, 1.165) is 32.7 Å². The SMILES string of the molecule is Cc1cccc(CN2CCN(c3ccccc3C)CC2)c1. The molecule has 3 rings (SSSR count). The lowest BCUT2D eigenvalue weighted by molar-refractivity contribution is 0.250. The van der Waals surface area contributed by atoms with Crippen molar-refractivity contribution in [3.05, 3.63) is 65.2 Å². The molecule has 0 spiro atoms. The lowest BCUT2D eigenvalue weighted by atomic mass is 10.1. The minimum atomic E-state index is 1.07. The zero-order chi connectivity index (χ0) is 14.7. The fraction of sp³-hybridized carbons (Fsp3) is 0.368. The predicted molar refractivity (Wildman–Crippen MR) is 89.8 cm³/mol. The van der Waals surface area contributed by atoms with Crippen molar-refractivity contribution in [1.82, 2.24) is 4.90 Å². The first-order chi connectivity index (χ1) is 10.2. The van der Waals surface area contributed by atoms with Crippen molar-refractivity contribution >= 4 is 5.69 Å². The smallest absolute Gasteiger partial charge is 0.0396 e. The van der Waals surface area contributed by atoms with Crippen LogP contribution in [0.5, 0.6) is 0 Å². The van der Waals surface area contributed by atoms with Crippen molar-refractivity contribution in [3.63, 3.8) is 0 Å². The normalized spacial score (nSPS) is 16.2. The fourth-order valence-electron chi connectivity index (χ4n) is 3.13. The first-order valence-electron chi connectivity index (χ1n) is 7.81. The van der Waals surface area contributed by atoms with E-state index in [4.69, 9.17) is 0 Å². The number of hydrogen-bond acceptors (Lipinski definition) is 2. The van der Waals surface area contributed by atoms with E-state index in [-0.39, 0.29) is 0 Å². The Hall–Kier alpha value is -1.80. The number of nitrogens with zero attached hydrogens (tertiary/aromatic N) is 2. The molecule has 2 aromatic rings. The maximum absolute atomic E-state index is 2.56. The van der Waals surface area contributed by atoms with E-state index < -0.39 is 0 Å². The Morgan fingerprint density at radius 3 is 2.33 bits per heavy atom. The van der Waals surface area contributed by atoms with Gasteiger partial charge in [0.05, 0.1) is 0 Å². The standard InChI is InChI=1S/C19H24N2/c1-16-6-5-8-18(14-16)15-20-10-12-21(13-11-20)19-9-4-3-7-17(19)2/h3-9,14H,10-13,15H2,1-2H3. The van der Waals surface area contributed by atoms with Crippen LogP contribution >= 0.6 is 0 Å². The summed E-state index contributed by atoms with van der Waals surface area (Å²) in [6.45, 7) is 9.97. The maximum Gasteiger partial charge on any atom is 0.0396 e. The lowest BCUT2D eigenvalue weighted by Crippen LogP contribution is -2.46. The minimum Gasteiger partial charge on any atom is -0.369 e. The quantitative estimate of drug-likeness (QED) is 0.847. The number of anilines is 1. The zero-order valence-electron chi connectivity index (χ0n) is 13.0. The highest BCUT2D eigenvalue weighted by Crippen LogP contribution is 2.21. The summed E-state index contributed by atoms with van der Waals surface area (Å²) in [6.07, 6.45) is 0. The molecule has 0 saturated carbocycles. The minimum absolute atomic E-state index is 1.07. The summed E-state index contributed by atoms with van der Waals surface area (Å²) in [7, 11) is 0. The summed E-state index contributed by atoms with van der Waals surface area (Å²) in [5.74, 6) is 0. The van der Waals surface area contributed by atoms with Crippen LogP contribution in [-0.4, -0.2) is 31.1 Å². The second kappa shape index (κ2) is 6.31. The van der Waals surface area contributed by atoms with Gasteiger partial charge >= 0.3 is 0 Å². The highest BCUT2D eigenvalue weighted by atomic mass is 15.3. The number of benzene rings is 2. The van der Waals surface area contributed by atoms with Crippen LogP contribution in [0.4, 0.5) is 5.69 Å². The van der Waals surface area contributed by atoms with Crippen LogP contribution in [0.25, 0.3) is 0 Å². The van der Waals surface area contributed by atoms with Crippen LogP contribution in [0.1, 0.15) is 16.7 Å². The van der Waals surface area contributed by atoms with Crippen molar-refractivity contribution in [1.29, 1.82) is 0 Å². The molecular formula is C19H24N2. The number of piperazine rings is 1. The Kier molecular flexibility index (Phi) is 4.26. The molecule has 2 heteroatoms. The largest absolute Gasteiger partial charge is 0.369 e. The number of aryl methyl sites for hydroxylation is 2. The van der Waals surface area contributed by atoms with E-state index in [1.54, 1.807) is 0 Å². The lowest BCUT2D eigenvalue weighted by Gasteiger charge is -2.36. The first kappa shape index (κ1) is 14.2. The Morgan fingerprint density at radius 1 is 0.857 bits per heavy atom. The topological polar surface area (TPSA) is 6.48 Å². The fourth-order valence-corrected chi connectivity index (χ4v) is 3.13. The number of para-hydroxylation sites is 1. The highest BCUT2D eigenvalue weighted by molar-refractivity contribution is 5.53. The summed E-state index contributed by atoms with van der Waals surface area (Å²) in [4.78, 5) is 5.08. The van der Waals surface area contributed by atoms with Gasteiger partial charge in [0.25, 0.3) is 0 Å². The van der Waals surface area contributed by atoms with Gasteiger partial charge in [-0.15, -0.1) is 0 Å². The molecular weight excluding hydrogens is 256 g/mol. The van der Waals surface area contributed by atoms with E-state index in [2.05, 4.69) is 72.2 Å². The van der Waals surface area contributed by atoms with Crippen molar-refractivity contribution in [2.24, 2.45) is 0 Å². The van der Waals surface area contributed by atoms with Crippen LogP contribution in [0.15, 0.2) is 48.5 Å². The monoisotopic (exact) mass is 280 g/mol. The van der Waals surface area contributed by atoms with Gasteiger partial charge in [-0.05, 0) is 31.0 Å². The van der Waals surface area contributed by atoms with E-state index in [9.17, 15) is 0 Å². The predicted octanol–water partition coefficient (Wildman–Crippen LogP) is 3.63. The Bertz CT molecular complexity index is 598. The molecule has 110 valence electrons. The molecule has 1 heterocycles. The molecule has 0 amide bonds. The summed E-state index contributed by atoms with van der Waals surface area (Å²) in [5.41, 5.74) is 5.56. The molecule has 2 nitrogen and oxygen atoms in total. The van der Waals surface area contributed by atoms with E-state index in [0.29, 0.717) is 0 Å². The van der Waals surface area contributed by atoms with Crippen molar-refractivity contribution in [2.75, 3.05) is 31.1 Å². The van der Waals surface area contributed by atoms with Gasteiger partial charge in [0.15, 0.2) is 0 Å². The summed E-state index contributed by atoms with van der Waals surface area (Å²) in [6, 6.07) is 17.6. The molecule has 1 aliphatic rings. The Labute approximate surface area is 128 Å². The van der Waals surface area contributed by atoms with Crippen molar-refractivity contribution < 1.29 is 0 Å². The summed E-state index contributed by atoms with van der Waals surface area (Å²) >= 11 is 0. The van der Waals surface area contributed by atoms with Crippen LogP contribution in [0.2, 0.25) is 0 Å². The molecule has 0 N–H and O–H groups in total. The second-order valence-corrected chi connectivity index (χ2v) is 6.04. The van der Waals surface area contributed by atoms with Crippen molar-refractivity contribution in [3.8, 4) is 0 Å². The van der Waals surface area contributed by atoms with Crippen LogP contribution in [0, 0.1) is 13.8 Å². The molecule has 0 aliphatic carbocycles. The molecule has 2 aromatic carbocycles. The summed E-state index contributed by atoms with van der Waals surface area (Å²) in [5, 5.41) is 0. The molecule has 0 bridgehead atoms. The molecule has 1 fully saturated rings. The van der Waals surface area contributed by atoms with E-state index >= 15 is 0 Å². The highest BCUT2D eigenvalue weighted by Gasteiger charge is 2.18. The zero-order valence-corrected chi connectivity index (χ0v) is 13.0. The third-order valence-electron chi connectivity index (χ3n) is 4.32. The van der Waals surface area contributed by atoms with Gasteiger partial charge in [0, 0.05) is 38.4 Å². The van der Waals surface area contributed by atoms with Gasteiger partial charge in [-0.1, -0.05) is 48.0 Å². The Morgan fingerprint density at radius 2 is 1.62 bits per heavy atom. The van der Waals surface area contributed by atoms with Gasteiger partial charge in [0.2, 0.25) is 0 Å². The van der Waals surface area contributed by atoms with Gasteiger partial charge < -0.3 is 4.90 Å². The molecule has 0 aromatic heterocycles. The molecule has 21 heavy (non-hydrogen) atoms. The maximum atomic E-state index is 2.56. The van der Waals surface area contributed by atoms with Gasteiger partial charge in [0.1, 0.15) is 0 Å². The third kappa shape index (κ3) is 3.45. The molecule has 0 unspecified atom stereocenters. The van der Waals surface area contributed by atoms with Gasteiger partial charge in [-0.3, -0.25) is 4.90 Å². The molecule has 1 aliphatic heterocycles.